The van der Waals surface area contributed by atoms with Crippen LogP contribution in [0, 0.1) is 0 Å². The summed E-state index contributed by atoms with van der Waals surface area (Å²) in [4.78, 5) is 30.2. The van der Waals surface area contributed by atoms with Gasteiger partial charge in [-0.2, -0.15) is 0 Å². The Morgan fingerprint density at radius 3 is 2.20 bits per heavy atom. The number of piperazine rings is 1. The number of benzene rings is 4. The summed E-state index contributed by atoms with van der Waals surface area (Å²) < 4.78 is 6.33. The van der Waals surface area contributed by atoms with E-state index in [0.29, 0.717) is 31.6 Å². The van der Waals surface area contributed by atoms with Gasteiger partial charge in [0, 0.05) is 52.0 Å². The lowest BCUT2D eigenvalue weighted by atomic mass is 10.00. The second-order valence-electron chi connectivity index (χ2n) is 11.4. The van der Waals surface area contributed by atoms with E-state index >= 15 is 0 Å². The van der Waals surface area contributed by atoms with Crippen LogP contribution in [0.2, 0.25) is 0 Å². The maximum Gasteiger partial charge on any atom is 0.223 e. The van der Waals surface area contributed by atoms with Gasteiger partial charge in [0.05, 0.1) is 0 Å². The Balaban J connectivity index is 1.26. The highest BCUT2D eigenvalue weighted by atomic mass is 16.5. The molecule has 4 aromatic rings. The largest absolute Gasteiger partial charge is 0.508 e. The van der Waals surface area contributed by atoms with Crippen LogP contribution in [-0.2, 0) is 35.4 Å². The number of carbonyl (C=O) groups is 2. The van der Waals surface area contributed by atoms with Crippen molar-refractivity contribution in [1.82, 2.24) is 15.1 Å². The van der Waals surface area contributed by atoms with Gasteiger partial charge in [-0.3, -0.25) is 14.5 Å². The molecule has 228 valence electrons. The lowest BCUT2D eigenvalue weighted by Gasteiger charge is -2.42. The molecule has 1 fully saturated rings. The summed E-state index contributed by atoms with van der Waals surface area (Å²) in [6.45, 7) is 4.58. The van der Waals surface area contributed by atoms with Crippen LogP contribution in [0.4, 0.5) is 0 Å². The molecule has 0 saturated carbocycles. The van der Waals surface area contributed by atoms with Crippen LogP contribution in [0.15, 0.2) is 109 Å². The van der Waals surface area contributed by atoms with Crippen molar-refractivity contribution in [2.45, 2.75) is 51.4 Å². The molecule has 2 N–H and O–H groups in total. The number of nitrogens with zero attached hydrogens (tertiary/aromatic N) is 2. The molecule has 0 aromatic heterocycles. The number of phenols is 1. The minimum Gasteiger partial charge on any atom is -0.508 e. The average Bonchev–Trinajstić information content (AvgIpc) is 3.02. The Kier molecular flexibility index (Phi) is 10.7. The summed E-state index contributed by atoms with van der Waals surface area (Å²) in [6, 6.07) is 35.4. The van der Waals surface area contributed by atoms with Crippen molar-refractivity contribution in [1.29, 1.82) is 0 Å². The molecule has 0 spiro atoms. The first-order valence-corrected chi connectivity index (χ1v) is 15.3. The van der Waals surface area contributed by atoms with Gasteiger partial charge in [0.15, 0.2) is 6.23 Å². The van der Waals surface area contributed by atoms with Crippen molar-refractivity contribution in [2.24, 2.45) is 0 Å². The van der Waals surface area contributed by atoms with Gasteiger partial charge in [-0.15, -0.1) is 0 Å². The molecule has 2 unspecified atom stereocenters. The summed E-state index contributed by atoms with van der Waals surface area (Å²) >= 11 is 0. The van der Waals surface area contributed by atoms with Crippen molar-refractivity contribution in [3.05, 3.63) is 131 Å². The molecule has 1 aliphatic heterocycles. The fraction of sp³-hybridized carbons (Fsp3) is 0.297. The van der Waals surface area contributed by atoms with Crippen LogP contribution in [-0.4, -0.2) is 58.6 Å². The van der Waals surface area contributed by atoms with E-state index in [9.17, 15) is 14.7 Å². The third-order valence-corrected chi connectivity index (χ3v) is 8.02. The molecule has 44 heavy (non-hydrogen) atoms. The minimum absolute atomic E-state index is 0.0195. The molecular weight excluding hydrogens is 550 g/mol. The standard InChI is InChI=1S/C37H41N3O4/c1-28(41)38-36(25-29-10-4-2-5-11-29)44-35-15-9-8-14-32(35)18-21-37(43)40-23-22-39(26-31-12-6-3-7-13-31)27-33(40)24-30-16-19-34(42)20-17-30/h2-17,19-20,33,36,42H,18,21-27H2,1H3,(H,38,41). The number of aryl methyl sites for hydroxylation is 1. The normalized spacial score (nSPS) is 15.8. The lowest BCUT2D eigenvalue weighted by molar-refractivity contribution is -0.136. The van der Waals surface area contributed by atoms with Gasteiger partial charge >= 0.3 is 0 Å². The third-order valence-electron chi connectivity index (χ3n) is 8.02. The zero-order chi connectivity index (χ0) is 30.7. The van der Waals surface area contributed by atoms with Crippen LogP contribution in [0.25, 0.3) is 0 Å². The van der Waals surface area contributed by atoms with Gasteiger partial charge in [-0.05, 0) is 53.3 Å². The van der Waals surface area contributed by atoms with Crippen molar-refractivity contribution in [3.8, 4) is 11.5 Å². The van der Waals surface area contributed by atoms with Gasteiger partial charge < -0.3 is 20.1 Å². The number of para-hydroxylation sites is 1. The number of amides is 2. The second-order valence-corrected chi connectivity index (χ2v) is 11.4. The number of hydrogen-bond donors (Lipinski definition) is 2. The summed E-state index contributed by atoms with van der Waals surface area (Å²) in [5, 5.41) is 12.7. The van der Waals surface area contributed by atoms with Crippen molar-refractivity contribution in [2.75, 3.05) is 19.6 Å². The number of hydrogen-bond acceptors (Lipinski definition) is 5. The number of nitrogens with one attached hydrogen (secondary N) is 1. The lowest BCUT2D eigenvalue weighted by Crippen LogP contribution is -2.55. The fourth-order valence-electron chi connectivity index (χ4n) is 5.85. The van der Waals surface area contributed by atoms with Crippen LogP contribution < -0.4 is 10.1 Å². The maximum atomic E-state index is 13.8. The number of aromatic hydroxyl groups is 1. The smallest absolute Gasteiger partial charge is 0.223 e. The van der Waals surface area contributed by atoms with Gasteiger partial charge in [0.2, 0.25) is 11.8 Å². The first-order valence-electron chi connectivity index (χ1n) is 15.3. The second kappa shape index (κ2) is 15.2. The summed E-state index contributed by atoms with van der Waals surface area (Å²) in [5.74, 6) is 0.861. The fourth-order valence-corrected chi connectivity index (χ4v) is 5.85. The van der Waals surface area contributed by atoms with E-state index in [0.717, 1.165) is 42.7 Å². The molecule has 0 bridgehead atoms. The summed E-state index contributed by atoms with van der Waals surface area (Å²) in [7, 11) is 0. The molecule has 5 rings (SSSR count). The van der Waals surface area contributed by atoms with Gasteiger partial charge in [0.1, 0.15) is 11.5 Å². The Bertz CT molecular complexity index is 1490. The van der Waals surface area contributed by atoms with Crippen LogP contribution in [0.3, 0.4) is 0 Å². The highest BCUT2D eigenvalue weighted by Crippen LogP contribution is 2.24. The number of carbonyl (C=O) groups excluding carboxylic acids is 2. The maximum absolute atomic E-state index is 13.8. The molecule has 1 saturated heterocycles. The number of rotatable bonds is 12. The Morgan fingerprint density at radius 2 is 1.50 bits per heavy atom. The van der Waals surface area contributed by atoms with E-state index in [4.69, 9.17) is 4.74 Å². The quantitative estimate of drug-likeness (QED) is 0.217. The predicted octanol–water partition coefficient (Wildman–Crippen LogP) is 5.36. The van der Waals surface area contributed by atoms with Crippen molar-refractivity contribution >= 4 is 11.8 Å². The topological polar surface area (TPSA) is 82.1 Å². The zero-order valence-electron chi connectivity index (χ0n) is 25.3. The van der Waals surface area contributed by atoms with Crippen LogP contribution in [0.5, 0.6) is 11.5 Å². The highest BCUT2D eigenvalue weighted by molar-refractivity contribution is 5.77. The summed E-state index contributed by atoms with van der Waals surface area (Å²) in [5.41, 5.74) is 4.34. The average molecular weight is 592 g/mol. The first kappa shape index (κ1) is 30.8. The molecule has 1 aliphatic rings. The Morgan fingerprint density at radius 1 is 0.841 bits per heavy atom. The van der Waals surface area contributed by atoms with Crippen LogP contribution in [0.1, 0.15) is 35.6 Å². The monoisotopic (exact) mass is 591 g/mol. The Hall–Kier alpha value is -4.62. The van der Waals surface area contributed by atoms with Gasteiger partial charge in [-0.25, -0.2) is 0 Å². The Labute approximate surface area is 260 Å². The summed E-state index contributed by atoms with van der Waals surface area (Å²) in [6.07, 6.45) is 1.60. The SMILES string of the molecule is CC(=O)NC(Cc1ccccc1)Oc1ccccc1CCC(=O)N1CCN(Cc2ccccc2)CC1Cc1ccc(O)cc1. The number of ether oxygens (including phenoxy) is 1. The molecule has 0 aliphatic carbocycles. The van der Waals surface area contributed by atoms with E-state index in [-0.39, 0.29) is 23.6 Å². The van der Waals surface area contributed by atoms with Gasteiger partial charge in [0.25, 0.3) is 0 Å². The van der Waals surface area contributed by atoms with E-state index < -0.39 is 6.23 Å². The van der Waals surface area contributed by atoms with Gasteiger partial charge in [-0.1, -0.05) is 91.0 Å². The molecule has 0 radical (unpaired) electrons. The molecule has 4 aromatic carbocycles. The van der Waals surface area contributed by atoms with E-state index in [1.54, 1.807) is 12.1 Å². The molecule has 7 nitrogen and oxygen atoms in total. The minimum atomic E-state index is -0.529. The van der Waals surface area contributed by atoms with E-state index in [1.807, 2.05) is 77.7 Å². The molecule has 2 amide bonds. The molecule has 1 heterocycles. The van der Waals surface area contributed by atoms with Crippen LogP contribution >= 0.6 is 0 Å². The predicted molar refractivity (Wildman–Crippen MR) is 172 cm³/mol. The van der Waals surface area contributed by atoms with E-state index in [2.05, 4.69) is 34.5 Å². The third kappa shape index (κ3) is 8.94. The van der Waals surface area contributed by atoms with E-state index in [1.165, 1.54) is 12.5 Å². The van der Waals surface area contributed by atoms with Crippen molar-refractivity contribution in [3.63, 3.8) is 0 Å². The molecular formula is C37H41N3O4. The molecule has 7 heteroatoms. The highest BCUT2D eigenvalue weighted by Gasteiger charge is 2.30. The molecule has 2 atom stereocenters. The first-order chi connectivity index (χ1) is 21.4. The number of phenolic OH excluding ortho intramolecular Hbond substituents is 1. The zero-order valence-corrected chi connectivity index (χ0v) is 25.3. The van der Waals surface area contributed by atoms with Crippen molar-refractivity contribution < 1.29 is 19.4 Å².